The van der Waals surface area contributed by atoms with Crippen LogP contribution >= 0.6 is 11.8 Å². The monoisotopic (exact) mass is 273 g/mol. The fraction of sp³-hybridized carbons (Fsp3) is 1.00. The molecule has 0 radical (unpaired) electrons. The van der Waals surface area contributed by atoms with Crippen molar-refractivity contribution in [1.29, 1.82) is 0 Å². The number of ether oxygens (including phenoxy) is 2. The zero-order valence-electron chi connectivity index (χ0n) is 11.6. The first-order valence-electron chi connectivity index (χ1n) is 7.29. The van der Waals surface area contributed by atoms with Crippen LogP contribution in [0.25, 0.3) is 0 Å². The van der Waals surface area contributed by atoms with E-state index in [1.807, 2.05) is 11.8 Å². The average molecular weight is 273 g/mol. The van der Waals surface area contributed by atoms with E-state index in [4.69, 9.17) is 9.47 Å². The van der Waals surface area contributed by atoms with E-state index < -0.39 is 0 Å². The van der Waals surface area contributed by atoms with Crippen molar-refractivity contribution in [2.24, 2.45) is 0 Å². The number of unbranched alkanes of at least 4 members (excludes halogenated alkanes) is 1. The molecule has 0 aromatic rings. The van der Waals surface area contributed by atoms with E-state index in [2.05, 4.69) is 11.6 Å². The van der Waals surface area contributed by atoms with Crippen LogP contribution in [0.4, 0.5) is 0 Å². The van der Waals surface area contributed by atoms with Crippen molar-refractivity contribution < 1.29 is 9.47 Å². The van der Waals surface area contributed by atoms with Crippen molar-refractivity contribution in [2.75, 3.05) is 38.4 Å². The van der Waals surface area contributed by atoms with Crippen molar-refractivity contribution in [3.05, 3.63) is 0 Å². The summed E-state index contributed by atoms with van der Waals surface area (Å²) >= 11 is 1.94. The van der Waals surface area contributed by atoms with Gasteiger partial charge in [0.1, 0.15) is 0 Å². The van der Waals surface area contributed by atoms with E-state index in [0.29, 0.717) is 6.04 Å². The van der Waals surface area contributed by atoms with Gasteiger partial charge in [0.2, 0.25) is 0 Å². The smallest absolute Gasteiger partial charge is 0.0741 e. The fourth-order valence-corrected chi connectivity index (χ4v) is 3.46. The number of hydrogen-bond acceptors (Lipinski definition) is 4. The van der Waals surface area contributed by atoms with Gasteiger partial charge in [-0.3, -0.25) is 0 Å². The second-order valence-corrected chi connectivity index (χ2v) is 6.47. The Morgan fingerprint density at radius 1 is 1.22 bits per heavy atom. The normalized spacial score (nSPS) is 27.5. The van der Waals surface area contributed by atoms with Crippen LogP contribution in [0.15, 0.2) is 0 Å². The molecule has 1 unspecified atom stereocenters. The Labute approximate surface area is 115 Å². The Balaban J connectivity index is 1.66. The first-order chi connectivity index (χ1) is 8.85. The molecule has 18 heavy (non-hydrogen) atoms. The zero-order valence-corrected chi connectivity index (χ0v) is 12.4. The predicted octanol–water partition coefficient (Wildman–Crippen LogP) is 2.45. The summed E-state index contributed by atoms with van der Waals surface area (Å²) in [6.45, 7) is 3.83. The van der Waals surface area contributed by atoms with Crippen LogP contribution in [0, 0.1) is 0 Å². The molecule has 3 nitrogen and oxygen atoms in total. The van der Waals surface area contributed by atoms with Crippen LogP contribution in [0.3, 0.4) is 0 Å². The molecule has 0 bridgehead atoms. The Kier molecular flexibility index (Phi) is 6.29. The van der Waals surface area contributed by atoms with Gasteiger partial charge in [0, 0.05) is 25.9 Å². The maximum Gasteiger partial charge on any atom is 0.0741 e. The summed E-state index contributed by atoms with van der Waals surface area (Å²) in [4.78, 5) is 0. The van der Waals surface area contributed by atoms with Crippen LogP contribution in [-0.2, 0) is 9.47 Å². The highest BCUT2D eigenvalue weighted by Gasteiger charge is 2.38. The first kappa shape index (κ1) is 14.6. The molecule has 2 aliphatic rings. The predicted molar refractivity (Wildman–Crippen MR) is 77.4 cm³/mol. The summed E-state index contributed by atoms with van der Waals surface area (Å²) in [6, 6.07) is 0.658. The minimum Gasteiger partial charge on any atom is -0.381 e. The molecular formula is C14H27NO2S. The summed E-state index contributed by atoms with van der Waals surface area (Å²) in [5.74, 6) is 1.29. The number of hydrogen-bond donors (Lipinski definition) is 1. The summed E-state index contributed by atoms with van der Waals surface area (Å²) in [6.07, 6.45) is 9.32. The highest BCUT2D eigenvalue weighted by atomic mass is 32.2. The van der Waals surface area contributed by atoms with Crippen LogP contribution in [0.5, 0.6) is 0 Å². The number of thioether (sulfide) groups is 1. The number of nitrogens with one attached hydrogen (secondary N) is 1. The van der Waals surface area contributed by atoms with E-state index in [1.165, 1.54) is 31.4 Å². The van der Waals surface area contributed by atoms with Crippen molar-refractivity contribution in [2.45, 2.75) is 50.2 Å². The lowest BCUT2D eigenvalue weighted by Crippen LogP contribution is -2.50. The van der Waals surface area contributed by atoms with Gasteiger partial charge >= 0.3 is 0 Å². The molecule has 0 aromatic heterocycles. The topological polar surface area (TPSA) is 30.5 Å². The molecular weight excluding hydrogens is 246 g/mol. The Hall–Kier alpha value is 0.230. The second kappa shape index (κ2) is 7.73. The Morgan fingerprint density at radius 2 is 2.06 bits per heavy atom. The molecule has 1 spiro atoms. The lowest BCUT2D eigenvalue weighted by Gasteiger charge is -2.43. The molecule has 1 N–H and O–H groups in total. The molecule has 0 saturated carbocycles. The van der Waals surface area contributed by atoms with Crippen LogP contribution in [-0.4, -0.2) is 50.0 Å². The van der Waals surface area contributed by atoms with E-state index in [9.17, 15) is 0 Å². The Morgan fingerprint density at radius 3 is 2.83 bits per heavy atom. The molecule has 0 amide bonds. The SMILES string of the molecule is CSCCCCNC1CCOC2(CCOCC2)C1. The second-order valence-electron chi connectivity index (χ2n) is 5.49. The third-order valence-corrected chi connectivity index (χ3v) is 4.80. The van der Waals surface area contributed by atoms with Gasteiger partial charge in [-0.1, -0.05) is 0 Å². The van der Waals surface area contributed by atoms with Gasteiger partial charge < -0.3 is 14.8 Å². The molecule has 2 rings (SSSR count). The maximum atomic E-state index is 6.06. The van der Waals surface area contributed by atoms with Gasteiger partial charge in [0.25, 0.3) is 0 Å². The van der Waals surface area contributed by atoms with Gasteiger partial charge in [-0.2, -0.15) is 11.8 Å². The summed E-state index contributed by atoms with van der Waals surface area (Å²) < 4.78 is 11.5. The van der Waals surface area contributed by atoms with Crippen LogP contribution in [0.1, 0.15) is 38.5 Å². The van der Waals surface area contributed by atoms with E-state index in [0.717, 1.165) is 39.2 Å². The van der Waals surface area contributed by atoms with E-state index in [-0.39, 0.29) is 5.60 Å². The third kappa shape index (κ3) is 4.41. The highest BCUT2D eigenvalue weighted by Crippen LogP contribution is 2.34. The van der Waals surface area contributed by atoms with E-state index in [1.54, 1.807) is 0 Å². The first-order valence-corrected chi connectivity index (χ1v) is 8.68. The molecule has 2 saturated heterocycles. The van der Waals surface area contributed by atoms with Gasteiger partial charge in [0.15, 0.2) is 0 Å². The van der Waals surface area contributed by atoms with Crippen molar-refractivity contribution in [3.8, 4) is 0 Å². The zero-order chi connectivity index (χ0) is 12.7. The minimum absolute atomic E-state index is 0.132. The lowest BCUT2D eigenvalue weighted by atomic mass is 9.84. The molecule has 1 atom stereocenters. The van der Waals surface area contributed by atoms with Gasteiger partial charge in [-0.25, -0.2) is 0 Å². The lowest BCUT2D eigenvalue weighted by molar-refractivity contribution is -0.140. The molecule has 2 aliphatic heterocycles. The standard InChI is InChI=1S/C14H27NO2S/c1-18-11-3-2-7-15-13-4-8-17-14(12-13)5-9-16-10-6-14/h13,15H,2-12H2,1H3. The summed E-state index contributed by atoms with van der Waals surface area (Å²) in [7, 11) is 0. The van der Waals surface area contributed by atoms with Crippen LogP contribution in [0.2, 0.25) is 0 Å². The summed E-state index contributed by atoms with van der Waals surface area (Å²) in [5, 5.41) is 3.72. The summed E-state index contributed by atoms with van der Waals surface area (Å²) in [5.41, 5.74) is 0.132. The van der Waals surface area contributed by atoms with Crippen molar-refractivity contribution in [1.82, 2.24) is 5.32 Å². The van der Waals surface area contributed by atoms with Crippen molar-refractivity contribution in [3.63, 3.8) is 0 Å². The molecule has 106 valence electrons. The van der Waals surface area contributed by atoms with Gasteiger partial charge in [-0.15, -0.1) is 0 Å². The average Bonchev–Trinajstić information content (AvgIpc) is 2.40. The molecule has 4 heteroatoms. The highest BCUT2D eigenvalue weighted by molar-refractivity contribution is 7.98. The fourth-order valence-electron chi connectivity index (χ4n) is 2.97. The third-order valence-electron chi connectivity index (χ3n) is 4.11. The van der Waals surface area contributed by atoms with Gasteiger partial charge in [-0.05, 0) is 57.1 Å². The van der Waals surface area contributed by atoms with Crippen LogP contribution < -0.4 is 5.32 Å². The molecule has 2 heterocycles. The molecule has 0 aliphatic carbocycles. The minimum atomic E-state index is 0.132. The number of rotatable bonds is 6. The molecule has 0 aromatic carbocycles. The largest absolute Gasteiger partial charge is 0.381 e. The van der Waals surface area contributed by atoms with E-state index >= 15 is 0 Å². The maximum absolute atomic E-state index is 6.06. The molecule has 2 fully saturated rings. The Bertz CT molecular complexity index is 226. The van der Waals surface area contributed by atoms with Crippen molar-refractivity contribution >= 4 is 11.8 Å². The van der Waals surface area contributed by atoms with Gasteiger partial charge in [0.05, 0.1) is 5.60 Å². The quantitative estimate of drug-likeness (QED) is 0.753.